The van der Waals surface area contributed by atoms with Gasteiger partial charge in [0.25, 0.3) is 0 Å². The molecule has 3 heteroatoms. The van der Waals surface area contributed by atoms with Crippen LogP contribution in [0.2, 0.25) is 0 Å². The molecule has 11 heavy (non-hydrogen) atoms. The van der Waals surface area contributed by atoms with Crippen molar-refractivity contribution in [2.24, 2.45) is 0 Å². The molecule has 0 saturated carbocycles. The van der Waals surface area contributed by atoms with Crippen LogP contribution in [-0.2, 0) is 9.47 Å². The quantitative estimate of drug-likeness (QED) is 0.547. The van der Waals surface area contributed by atoms with Crippen molar-refractivity contribution in [1.29, 1.82) is 0 Å². The van der Waals surface area contributed by atoms with Crippen LogP contribution in [-0.4, -0.2) is 31.6 Å². The summed E-state index contributed by atoms with van der Waals surface area (Å²) in [4.78, 5) is 0. The summed E-state index contributed by atoms with van der Waals surface area (Å²) >= 11 is 0. The maximum Gasteiger partial charge on any atom is 0.171 e. The largest absolute Gasteiger partial charge is 0.347 e. The third-order valence-electron chi connectivity index (χ3n) is 2.28. The maximum absolute atomic E-state index is 5.62. The van der Waals surface area contributed by atoms with Crippen molar-refractivity contribution < 1.29 is 9.47 Å². The molecule has 2 rings (SSSR count). The third kappa shape index (κ3) is 1.41. The van der Waals surface area contributed by atoms with E-state index in [2.05, 4.69) is 12.2 Å². The lowest BCUT2D eigenvalue weighted by atomic mass is 10.1. The van der Waals surface area contributed by atoms with Crippen LogP contribution < -0.4 is 5.32 Å². The lowest BCUT2D eigenvalue weighted by molar-refractivity contribution is -0.179. The number of hydrogen-bond donors (Lipinski definition) is 1. The van der Waals surface area contributed by atoms with E-state index < -0.39 is 0 Å². The van der Waals surface area contributed by atoms with Gasteiger partial charge in [-0.3, -0.25) is 0 Å². The van der Waals surface area contributed by atoms with Crippen LogP contribution in [0.4, 0.5) is 0 Å². The fourth-order valence-electron chi connectivity index (χ4n) is 1.69. The first-order chi connectivity index (χ1) is 5.31. The molecular weight excluding hydrogens is 142 g/mol. The van der Waals surface area contributed by atoms with E-state index in [0.717, 1.165) is 25.9 Å². The molecule has 1 unspecified atom stereocenters. The molecule has 63 valence electrons. The predicted octanol–water partition coefficient (Wildman–Crippen LogP) is 0.316. The van der Waals surface area contributed by atoms with Gasteiger partial charge in [0.15, 0.2) is 5.79 Å². The second-order valence-electron chi connectivity index (χ2n) is 3.21. The van der Waals surface area contributed by atoms with Crippen molar-refractivity contribution in [3.05, 3.63) is 6.92 Å². The van der Waals surface area contributed by atoms with Gasteiger partial charge < -0.3 is 14.8 Å². The zero-order valence-corrected chi connectivity index (χ0v) is 6.64. The zero-order chi connectivity index (χ0) is 7.73. The van der Waals surface area contributed by atoms with Gasteiger partial charge in [-0.1, -0.05) is 0 Å². The van der Waals surface area contributed by atoms with Crippen LogP contribution in [0.5, 0.6) is 0 Å². The molecular formula is C8H14NO2. The topological polar surface area (TPSA) is 30.5 Å². The van der Waals surface area contributed by atoms with Crippen molar-refractivity contribution in [1.82, 2.24) is 5.32 Å². The van der Waals surface area contributed by atoms with E-state index in [0.29, 0.717) is 6.61 Å². The van der Waals surface area contributed by atoms with Crippen LogP contribution in [0, 0.1) is 6.92 Å². The molecule has 0 aromatic heterocycles. The molecule has 1 spiro atoms. The van der Waals surface area contributed by atoms with E-state index in [9.17, 15) is 0 Å². The summed E-state index contributed by atoms with van der Waals surface area (Å²) in [7, 11) is 0. The molecule has 1 radical (unpaired) electrons. The van der Waals surface area contributed by atoms with Gasteiger partial charge in [0.05, 0.1) is 12.7 Å². The van der Waals surface area contributed by atoms with Gasteiger partial charge >= 0.3 is 0 Å². The molecule has 2 saturated heterocycles. The first kappa shape index (κ1) is 7.53. The van der Waals surface area contributed by atoms with Crippen LogP contribution in [0.3, 0.4) is 0 Å². The minimum absolute atomic E-state index is 0.0353. The second-order valence-corrected chi connectivity index (χ2v) is 3.21. The first-order valence-electron chi connectivity index (χ1n) is 4.16. The Labute approximate surface area is 67.1 Å². The highest BCUT2D eigenvalue weighted by Gasteiger charge is 2.40. The average molecular weight is 156 g/mol. The fourth-order valence-corrected chi connectivity index (χ4v) is 1.69. The Hall–Kier alpha value is -0.120. The smallest absolute Gasteiger partial charge is 0.171 e. The van der Waals surface area contributed by atoms with Crippen LogP contribution in [0.15, 0.2) is 0 Å². The van der Waals surface area contributed by atoms with Crippen LogP contribution in [0.1, 0.15) is 12.8 Å². The van der Waals surface area contributed by atoms with Gasteiger partial charge in [-0.2, -0.15) is 0 Å². The van der Waals surface area contributed by atoms with Gasteiger partial charge in [-0.05, 0) is 6.92 Å². The van der Waals surface area contributed by atoms with Gasteiger partial charge in [0, 0.05) is 25.9 Å². The van der Waals surface area contributed by atoms with Gasteiger partial charge in [-0.25, -0.2) is 0 Å². The highest BCUT2D eigenvalue weighted by atomic mass is 16.7. The number of piperidine rings is 1. The Kier molecular flexibility index (Phi) is 1.87. The minimum atomic E-state index is -0.280. The minimum Gasteiger partial charge on any atom is -0.347 e. The zero-order valence-electron chi connectivity index (χ0n) is 6.64. The molecule has 2 fully saturated rings. The summed E-state index contributed by atoms with van der Waals surface area (Å²) in [6.45, 7) is 6.46. The summed E-state index contributed by atoms with van der Waals surface area (Å²) < 4.78 is 11.2. The van der Waals surface area contributed by atoms with E-state index >= 15 is 0 Å². The normalized spacial score (nSPS) is 36.3. The molecule has 3 nitrogen and oxygen atoms in total. The summed E-state index contributed by atoms with van der Waals surface area (Å²) in [6, 6.07) is 0. The van der Waals surface area contributed by atoms with Gasteiger partial charge in [0.1, 0.15) is 0 Å². The Bertz CT molecular complexity index is 138. The predicted molar refractivity (Wildman–Crippen MR) is 41.0 cm³/mol. The molecule has 0 bridgehead atoms. The molecule has 0 aromatic rings. The van der Waals surface area contributed by atoms with Crippen LogP contribution >= 0.6 is 0 Å². The Balaban J connectivity index is 1.98. The Morgan fingerprint density at radius 2 is 2.09 bits per heavy atom. The van der Waals surface area contributed by atoms with Crippen molar-refractivity contribution >= 4 is 0 Å². The summed E-state index contributed by atoms with van der Waals surface area (Å²) in [5.74, 6) is -0.280. The molecule has 1 N–H and O–H groups in total. The lowest BCUT2D eigenvalue weighted by Gasteiger charge is -2.31. The monoisotopic (exact) mass is 156 g/mol. The van der Waals surface area contributed by atoms with Crippen molar-refractivity contribution in [3.63, 3.8) is 0 Å². The van der Waals surface area contributed by atoms with Crippen molar-refractivity contribution in [2.75, 3.05) is 19.7 Å². The Morgan fingerprint density at radius 1 is 1.36 bits per heavy atom. The van der Waals surface area contributed by atoms with E-state index in [1.165, 1.54) is 0 Å². The van der Waals surface area contributed by atoms with Crippen molar-refractivity contribution in [2.45, 2.75) is 24.7 Å². The molecule has 2 heterocycles. The molecule has 0 aliphatic carbocycles. The maximum atomic E-state index is 5.62. The molecule has 2 aliphatic heterocycles. The summed E-state index contributed by atoms with van der Waals surface area (Å²) in [6.07, 6.45) is 1.95. The summed E-state index contributed by atoms with van der Waals surface area (Å²) in [5, 5.41) is 3.27. The van der Waals surface area contributed by atoms with Crippen LogP contribution in [0.25, 0.3) is 0 Å². The van der Waals surface area contributed by atoms with Crippen molar-refractivity contribution in [3.8, 4) is 0 Å². The molecule has 1 atom stereocenters. The third-order valence-corrected chi connectivity index (χ3v) is 2.28. The number of nitrogens with one attached hydrogen (secondary N) is 1. The van der Waals surface area contributed by atoms with E-state index in [-0.39, 0.29) is 11.9 Å². The van der Waals surface area contributed by atoms with E-state index in [1.807, 2.05) is 0 Å². The number of hydrogen-bond acceptors (Lipinski definition) is 3. The SMILES string of the molecule is [CH2]C1COC2(CCNCC2)O1. The fraction of sp³-hybridized carbons (Fsp3) is 0.875. The van der Waals surface area contributed by atoms with E-state index in [1.54, 1.807) is 0 Å². The second kappa shape index (κ2) is 2.73. The molecule has 2 aliphatic rings. The average Bonchev–Trinajstić information content (AvgIpc) is 2.34. The Morgan fingerprint density at radius 3 is 2.64 bits per heavy atom. The summed E-state index contributed by atoms with van der Waals surface area (Å²) in [5.41, 5.74) is 0. The van der Waals surface area contributed by atoms with Gasteiger partial charge in [0.2, 0.25) is 0 Å². The lowest BCUT2D eigenvalue weighted by Crippen LogP contribution is -2.42. The highest BCUT2D eigenvalue weighted by molar-refractivity contribution is 4.84. The molecule has 0 amide bonds. The van der Waals surface area contributed by atoms with Gasteiger partial charge in [-0.15, -0.1) is 0 Å². The first-order valence-corrected chi connectivity index (χ1v) is 4.16. The van der Waals surface area contributed by atoms with E-state index in [4.69, 9.17) is 9.47 Å². The number of ether oxygens (including phenoxy) is 2. The number of rotatable bonds is 0. The standard InChI is InChI=1S/C8H14NO2/c1-7-6-10-8(11-7)2-4-9-5-3-8/h7,9H,1-6H2. The molecule has 0 aromatic carbocycles. The highest BCUT2D eigenvalue weighted by Crippen LogP contribution is 2.31.